The predicted molar refractivity (Wildman–Crippen MR) is 67.7 cm³/mol. The smallest absolute Gasteiger partial charge is 0.156 e. The highest BCUT2D eigenvalue weighted by atomic mass is 16.5. The molecule has 0 unspecified atom stereocenters. The Bertz CT molecular complexity index is 366. The molecule has 0 aliphatic heterocycles. The van der Waals surface area contributed by atoms with E-state index < -0.39 is 11.0 Å². The number of hydrogen-bond donors (Lipinski definition) is 1. The summed E-state index contributed by atoms with van der Waals surface area (Å²) in [4.78, 5) is 11.5. The minimum atomic E-state index is -1.08. The first kappa shape index (κ1) is 14.1. The molecule has 0 fully saturated rings. The number of hydrogen-bond acceptors (Lipinski definition) is 3. The van der Waals surface area contributed by atoms with Gasteiger partial charge >= 0.3 is 0 Å². The van der Waals surface area contributed by atoms with E-state index >= 15 is 0 Å². The van der Waals surface area contributed by atoms with Gasteiger partial charge in [-0.1, -0.05) is 19.9 Å². The summed E-state index contributed by atoms with van der Waals surface area (Å²) in [7, 11) is 1.62. The molecule has 1 aliphatic rings. The van der Waals surface area contributed by atoms with E-state index in [1.807, 2.05) is 26.8 Å². The number of aliphatic hydroxyl groups is 1. The van der Waals surface area contributed by atoms with Crippen molar-refractivity contribution in [1.82, 2.24) is 0 Å². The van der Waals surface area contributed by atoms with Gasteiger partial charge in [-0.05, 0) is 31.6 Å². The van der Waals surface area contributed by atoms with Crippen LogP contribution in [0.4, 0.5) is 0 Å². The van der Waals surface area contributed by atoms with Crippen LogP contribution < -0.4 is 0 Å². The fourth-order valence-corrected chi connectivity index (χ4v) is 2.22. The van der Waals surface area contributed by atoms with Gasteiger partial charge in [0.05, 0.1) is 6.10 Å². The number of ketones is 1. The van der Waals surface area contributed by atoms with Crippen LogP contribution in [-0.4, -0.2) is 29.7 Å². The van der Waals surface area contributed by atoms with Crippen molar-refractivity contribution in [1.29, 1.82) is 0 Å². The van der Waals surface area contributed by atoms with Crippen molar-refractivity contribution in [2.45, 2.75) is 45.8 Å². The zero-order valence-corrected chi connectivity index (χ0v) is 11.3. The van der Waals surface area contributed by atoms with E-state index in [1.54, 1.807) is 20.1 Å². The molecule has 0 amide bonds. The first-order valence-electron chi connectivity index (χ1n) is 5.89. The Morgan fingerprint density at radius 3 is 2.59 bits per heavy atom. The lowest BCUT2D eigenvalue weighted by atomic mass is 9.64. The minimum absolute atomic E-state index is 0.0553. The third kappa shape index (κ3) is 2.67. The van der Waals surface area contributed by atoms with Crippen LogP contribution in [0, 0.1) is 5.41 Å². The molecule has 0 radical (unpaired) electrons. The van der Waals surface area contributed by atoms with Gasteiger partial charge in [-0.2, -0.15) is 0 Å². The van der Waals surface area contributed by atoms with Crippen LogP contribution in [0.15, 0.2) is 23.8 Å². The molecule has 1 aliphatic carbocycles. The van der Waals surface area contributed by atoms with Crippen LogP contribution in [0.1, 0.15) is 34.1 Å². The van der Waals surface area contributed by atoms with Gasteiger partial charge in [0, 0.05) is 18.9 Å². The van der Waals surface area contributed by atoms with E-state index in [2.05, 4.69) is 0 Å². The number of ether oxygens (including phenoxy) is 1. The van der Waals surface area contributed by atoms with Crippen LogP contribution >= 0.6 is 0 Å². The van der Waals surface area contributed by atoms with Gasteiger partial charge in [0.2, 0.25) is 0 Å². The summed E-state index contributed by atoms with van der Waals surface area (Å²) in [5.74, 6) is 0.0744. The highest BCUT2D eigenvalue weighted by molar-refractivity contribution is 5.92. The van der Waals surface area contributed by atoms with Gasteiger partial charge in [0.15, 0.2) is 5.78 Å². The summed E-state index contributed by atoms with van der Waals surface area (Å²) in [6.07, 6.45) is 5.41. The zero-order chi connectivity index (χ0) is 13.3. The molecule has 0 aromatic carbocycles. The Hall–Kier alpha value is -0.930. The van der Waals surface area contributed by atoms with Crippen molar-refractivity contribution in [2.75, 3.05) is 7.11 Å². The van der Waals surface area contributed by atoms with E-state index in [4.69, 9.17) is 4.74 Å². The summed E-state index contributed by atoms with van der Waals surface area (Å²) < 4.78 is 5.13. The normalized spacial score (nSPS) is 30.5. The first-order valence-corrected chi connectivity index (χ1v) is 5.89. The number of allylic oxidation sites excluding steroid dienone is 1. The van der Waals surface area contributed by atoms with Crippen LogP contribution in [0.3, 0.4) is 0 Å². The molecular weight excluding hydrogens is 216 g/mol. The SMILES string of the molecule is CO[C@@H](C)/C=C/[C@@]1(O)C(C)=CC(=O)CC1(C)C. The lowest BCUT2D eigenvalue weighted by molar-refractivity contribution is -0.121. The Labute approximate surface area is 103 Å². The molecule has 1 N–H and O–H groups in total. The van der Waals surface area contributed by atoms with Crippen molar-refractivity contribution < 1.29 is 14.6 Å². The van der Waals surface area contributed by atoms with E-state index in [0.29, 0.717) is 12.0 Å². The van der Waals surface area contributed by atoms with Crippen molar-refractivity contribution in [3.63, 3.8) is 0 Å². The number of carbonyl (C=O) groups is 1. The molecule has 0 heterocycles. The summed E-state index contributed by atoms with van der Waals surface area (Å²) >= 11 is 0. The molecule has 0 spiro atoms. The minimum Gasteiger partial charge on any atom is -0.381 e. The van der Waals surface area contributed by atoms with Gasteiger partial charge in [-0.15, -0.1) is 0 Å². The Balaban J connectivity index is 3.10. The second-order valence-electron chi connectivity index (χ2n) is 5.42. The molecule has 0 aromatic rings. The van der Waals surface area contributed by atoms with Crippen molar-refractivity contribution in [3.8, 4) is 0 Å². The van der Waals surface area contributed by atoms with Crippen LogP contribution in [-0.2, 0) is 9.53 Å². The lowest BCUT2D eigenvalue weighted by Gasteiger charge is -2.44. The summed E-state index contributed by atoms with van der Waals surface area (Å²) in [5.41, 5.74) is -0.876. The Morgan fingerprint density at radius 1 is 1.53 bits per heavy atom. The van der Waals surface area contributed by atoms with Crippen LogP contribution in [0.5, 0.6) is 0 Å². The molecule has 96 valence electrons. The van der Waals surface area contributed by atoms with E-state index in [0.717, 1.165) is 0 Å². The molecule has 17 heavy (non-hydrogen) atoms. The monoisotopic (exact) mass is 238 g/mol. The maximum absolute atomic E-state index is 11.5. The average Bonchev–Trinajstić information content (AvgIpc) is 2.22. The third-order valence-corrected chi connectivity index (χ3v) is 3.61. The average molecular weight is 238 g/mol. The van der Waals surface area contributed by atoms with Crippen LogP contribution in [0.25, 0.3) is 0 Å². The topological polar surface area (TPSA) is 46.5 Å². The van der Waals surface area contributed by atoms with Gasteiger partial charge in [-0.3, -0.25) is 4.79 Å². The standard InChI is InChI=1S/C14H22O3/c1-10-8-12(15)9-13(3,4)14(10,16)7-6-11(2)17-5/h6-8,11,16H,9H2,1-5H3/b7-6+/t11-,14+/m0/s1. The summed E-state index contributed by atoms with van der Waals surface area (Å²) in [6.45, 7) is 7.51. The highest BCUT2D eigenvalue weighted by Crippen LogP contribution is 2.44. The molecule has 3 heteroatoms. The fraction of sp³-hybridized carbons (Fsp3) is 0.643. The Kier molecular flexibility index (Phi) is 3.95. The van der Waals surface area contributed by atoms with Gasteiger partial charge < -0.3 is 9.84 Å². The zero-order valence-electron chi connectivity index (χ0n) is 11.3. The number of rotatable bonds is 3. The molecule has 0 saturated heterocycles. The summed E-state index contributed by atoms with van der Waals surface area (Å²) in [5, 5.41) is 10.8. The lowest BCUT2D eigenvalue weighted by Crippen LogP contribution is -2.48. The van der Waals surface area contributed by atoms with Crippen molar-refractivity contribution in [3.05, 3.63) is 23.8 Å². The maximum Gasteiger partial charge on any atom is 0.156 e. The largest absolute Gasteiger partial charge is 0.381 e. The molecule has 2 atom stereocenters. The molecule has 0 saturated carbocycles. The van der Waals surface area contributed by atoms with E-state index in [-0.39, 0.29) is 11.9 Å². The molecule has 1 rings (SSSR count). The van der Waals surface area contributed by atoms with Crippen molar-refractivity contribution in [2.24, 2.45) is 5.41 Å². The number of carbonyl (C=O) groups excluding carboxylic acids is 1. The highest BCUT2D eigenvalue weighted by Gasteiger charge is 2.46. The molecular formula is C14H22O3. The van der Waals surface area contributed by atoms with Crippen LogP contribution in [0.2, 0.25) is 0 Å². The van der Waals surface area contributed by atoms with Gasteiger partial charge in [-0.25, -0.2) is 0 Å². The quantitative estimate of drug-likeness (QED) is 0.767. The van der Waals surface area contributed by atoms with E-state index in [1.165, 1.54) is 6.08 Å². The molecule has 3 nitrogen and oxygen atoms in total. The predicted octanol–water partition coefficient (Wildman–Crippen LogP) is 2.25. The van der Waals surface area contributed by atoms with Crippen molar-refractivity contribution >= 4 is 5.78 Å². The second-order valence-corrected chi connectivity index (χ2v) is 5.42. The maximum atomic E-state index is 11.5. The second kappa shape index (κ2) is 4.75. The number of methoxy groups -OCH3 is 1. The first-order chi connectivity index (χ1) is 7.73. The third-order valence-electron chi connectivity index (χ3n) is 3.61. The summed E-state index contributed by atoms with van der Waals surface area (Å²) in [6, 6.07) is 0. The fourth-order valence-electron chi connectivity index (χ4n) is 2.22. The molecule has 0 aromatic heterocycles. The van der Waals surface area contributed by atoms with Gasteiger partial charge in [0.25, 0.3) is 0 Å². The Morgan fingerprint density at radius 2 is 2.12 bits per heavy atom. The van der Waals surface area contributed by atoms with E-state index in [9.17, 15) is 9.90 Å². The molecule has 0 bridgehead atoms. The van der Waals surface area contributed by atoms with Gasteiger partial charge in [0.1, 0.15) is 5.60 Å².